The van der Waals surface area contributed by atoms with Crippen molar-refractivity contribution < 1.29 is 19.4 Å². The van der Waals surface area contributed by atoms with Gasteiger partial charge in [-0.1, -0.05) is 17.7 Å². The molecule has 0 spiro atoms. The van der Waals surface area contributed by atoms with Crippen molar-refractivity contribution in [1.82, 2.24) is 14.7 Å². The SMILES string of the molecule is Cc1cc(Cl)cc(COC2CCN(C(=O)n3ccc(C(=O)O)n3)CC2)c1. The molecule has 138 valence electrons. The fourth-order valence-electron chi connectivity index (χ4n) is 3.01. The number of piperidine rings is 1. The minimum absolute atomic E-state index is 0.0746. The number of ether oxygens (including phenoxy) is 1. The third-order valence-electron chi connectivity index (χ3n) is 4.30. The molecule has 1 saturated heterocycles. The van der Waals surface area contributed by atoms with Crippen molar-refractivity contribution in [3.05, 3.63) is 52.3 Å². The Bertz CT molecular complexity index is 792. The largest absolute Gasteiger partial charge is 0.476 e. The maximum Gasteiger partial charge on any atom is 0.356 e. The summed E-state index contributed by atoms with van der Waals surface area (Å²) < 4.78 is 7.02. The number of amides is 1. The van der Waals surface area contributed by atoms with E-state index in [4.69, 9.17) is 21.4 Å². The second kappa shape index (κ2) is 7.88. The molecule has 2 heterocycles. The maximum atomic E-state index is 12.4. The van der Waals surface area contributed by atoms with Crippen LogP contribution >= 0.6 is 11.6 Å². The molecule has 26 heavy (non-hydrogen) atoms. The average Bonchev–Trinajstić information content (AvgIpc) is 3.09. The minimum atomic E-state index is -1.15. The minimum Gasteiger partial charge on any atom is -0.476 e. The molecule has 0 bridgehead atoms. The van der Waals surface area contributed by atoms with E-state index >= 15 is 0 Å². The second-order valence-corrected chi connectivity index (χ2v) is 6.80. The van der Waals surface area contributed by atoms with Crippen LogP contribution in [-0.4, -0.2) is 51.0 Å². The second-order valence-electron chi connectivity index (χ2n) is 6.37. The highest BCUT2D eigenvalue weighted by molar-refractivity contribution is 6.30. The zero-order valence-electron chi connectivity index (χ0n) is 14.4. The van der Waals surface area contributed by atoms with Crippen molar-refractivity contribution in [3.63, 3.8) is 0 Å². The van der Waals surface area contributed by atoms with Gasteiger partial charge in [0.1, 0.15) is 0 Å². The Labute approximate surface area is 156 Å². The molecular weight excluding hydrogens is 358 g/mol. The molecule has 0 aliphatic carbocycles. The summed E-state index contributed by atoms with van der Waals surface area (Å²) in [5.74, 6) is -1.15. The van der Waals surface area contributed by atoms with Crippen LogP contribution in [0.2, 0.25) is 5.02 Å². The molecule has 1 aliphatic heterocycles. The molecule has 1 aliphatic rings. The molecular formula is C18H20ClN3O4. The van der Waals surface area contributed by atoms with Crippen LogP contribution < -0.4 is 0 Å². The fraction of sp³-hybridized carbons (Fsp3) is 0.389. The van der Waals surface area contributed by atoms with Gasteiger partial charge in [-0.15, -0.1) is 0 Å². The Balaban J connectivity index is 1.50. The number of carbonyl (C=O) groups excluding carboxylic acids is 1. The molecule has 0 radical (unpaired) electrons. The molecule has 1 amide bonds. The summed E-state index contributed by atoms with van der Waals surface area (Å²) in [5, 5.41) is 13.4. The number of carboxylic acids is 1. The van der Waals surface area contributed by atoms with E-state index in [1.54, 1.807) is 4.90 Å². The van der Waals surface area contributed by atoms with Crippen LogP contribution in [-0.2, 0) is 11.3 Å². The van der Waals surface area contributed by atoms with Gasteiger partial charge in [-0.05, 0) is 49.1 Å². The Hall–Kier alpha value is -2.38. The summed E-state index contributed by atoms with van der Waals surface area (Å²) in [6, 6.07) is 6.83. The number of aryl methyl sites for hydroxylation is 1. The van der Waals surface area contributed by atoms with E-state index < -0.39 is 5.97 Å². The molecule has 0 atom stereocenters. The van der Waals surface area contributed by atoms with Gasteiger partial charge in [0.25, 0.3) is 0 Å². The lowest BCUT2D eigenvalue weighted by molar-refractivity contribution is 0.00434. The lowest BCUT2D eigenvalue weighted by atomic mass is 10.1. The molecule has 1 N–H and O–H groups in total. The third kappa shape index (κ3) is 4.42. The highest BCUT2D eigenvalue weighted by Gasteiger charge is 2.25. The number of nitrogens with zero attached hydrogens (tertiary/aromatic N) is 3. The lowest BCUT2D eigenvalue weighted by Gasteiger charge is -2.31. The van der Waals surface area contributed by atoms with Crippen molar-refractivity contribution in [2.45, 2.75) is 32.5 Å². The number of carboxylic acid groups (broad SMARTS) is 1. The number of carbonyl (C=O) groups is 2. The first-order chi connectivity index (χ1) is 12.4. The summed E-state index contributed by atoms with van der Waals surface area (Å²) in [7, 11) is 0. The first-order valence-corrected chi connectivity index (χ1v) is 8.76. The molecule has 0 saturated carbocycles. The predicted octanol–water partition coefficient (Wildman–Crippen LogP) is 3.19. The molecule has 1 aromatic carbocycles. The van der Waals surface area contributed by atoms with E-state index in [1.807, 2.05) is 25.1 Å². The van der Waals surface area contributed by atoms with Crippen LogP contribution in [0.1, 0.15) is 34.5 Å². The highest BCUT2D eigenvalue weighted by atomic mass is 35.5. The Morgan fingerprint density at radius 1 is 1.31 bits per heavy atom. The first-order valence-electron chi connectivity index (χ1n) is 8.38. The number of hydrogen-bond donors (Lipinski definition) is 1. The monoisotopic (exact) mass is 377 g/mol. The lowest BCUT2D eigenvalue weighted by Crippen LogP contribution is -2.43. The number of aromatic carboxylic acids is 1. The molecule has 7 nitrogen and oxygen atoms in total. The zero-order valence-corrected chi connectivity index (χ0v) is 15.1. The van der Waals surface area contributed by atoms with Crippen molar-refractivity contribution in [3.8, 4) is 0 Å². The molecule has 0 unspecified atom stereocenters. The van der Waals surface area contributed by atoms with E-state index in [0.717, 1.165) is 28.7 Å². The van der Waals surface area contributed by atoms with Gasteiger partial charge < -0.3 is 14.7 Å². The summed E-state index contributed by atoms with van der Waals surface area (Å²) in [4.78, 5) is 24.9. The summed E-state index contributed by atoms with van der Waals surface area (Å²) in [6.07, 6.45) is 2.89. The molecule has 1 fully saturated rings. The van der Waals surface area contributed by atoms with Gasteiger partial charge in [-0.25, -0.2) is 9.59 Å². The topological polar surface area (TPSA) is 84.7 Å². The van der Waals surface area contributed by atoms with E-state index in [0.29, 0.717) is 24.7 Å². The van der Waals surface area contributed by atoms with Gasteiger partial charge >= 0.3 is 12.0 Å². The van der Waals surface area contributed by atoms with Crippen LogP contribution in [0.3, 0.4) is 0 Å². The molecule has 8 heteroatoms. The van der Waals surface area contributed by atoms with Crippen LogP contribution in [0.4, 0.5) is 4.79 Å². The Morgan fingerprint density at radius 2 is 2.04 bits per heavy atom. The average molecular weight is 378 g/mol. The number of rotatable bonds is 4. The quantitative estimate of drug-likeness (QED) is 0.884. The van der Waals surface area contributed by atoms with E-state index in [1.165, 1.54) is 12.3 Å². The highest BCUT2D eigenvalue weighted by Crippen LogP contribution is 2.19. The van der Waals surface area contributed by atoms with Gasteiger partial charge in [0.2, 0.25) is 0 Å². The Kier molecular flexibility index (Phi) is 5.58. The van der Waals surface area contributed by atoms with Gasteiger partial charge in [0.15, 0.2) is 5.69 Å². The zero-order chi connectivity index (χ0) is 18.7. The van der Waals surface area contributed by atoms with Gasteiger partial charge in [0.05, 0.1) is 12.7 Å². The normalized spacial score (nSPS) is 15.2. The number of benzene rings is 1. The molecule has 2 aromatic rings. The smallest absolute Gasteiger partial charge is 0.356 e. The summed E-state index contributed by atoms with van der Waals surface area (Å²) >= 11 is 6.06. The van der Waals surface area contributed by atoms with Gasteiger partial charge in [-0.3, -0.25) is 0 Å². The van der Waals surface area contributed by atoms with E-state index in [9.17, 15) is 9.59 Å². The van der Waals surface area contributed by atoms with Crippen LogP contribution in [0.5, 0.6) is 0 Å². The molecule has 3 rings (SSSR count). The standard InChI is InChI=1S/C18H20ClN3O4/c1-12-8-13(10-14(19)9-12)11-26-15-2-5-21(6-3-15)18(25)22-7-4-16(20-22)17(23)24/h4,7-10,15H,2-3,5-6,11H2,1H3,(H,23,24). The number of hydrogen-bond acceptors (Lipinski definition) is 4. The number of likely N-dealkylation sites (tertiary alicyclic amines) is 1. The fourth-order valence-corrected chi connectivity index (χ4v) is 3.32. The van der Waals surface area contributed by atoms with E-state index in [-0.39, 0.29) is 17.8 Å². The first kappa shape index (κ1) is 18.4. The summed E-state index contributed by atoms with van der Waals surface area (Å²) in [6.45, 7) is 3.56. The third-order valence-corrected chi connectivity index (χ3v) is 4.52. The van der Waals surface area contributed by atoms with Crippen molar-refractivity contribution in [2.75, 3.05) is 13.1 Å². The number of aromatic nitrogens is 2. The van der Waals surface area contributed by atoms with Crippen molar-refractivity contribution in [1.29, 1.82) is 0 Å². The number of halogens is 1. The predicted molar refractivity (Wildman–Crippen MR) is 95.6 cm³/mol. The van der Waals surface area contributed by atoms with Crippen molar-refractivity contribution in [2.24, 2.45) is 0 Å². The van der Waals surface area contributed by atoms with Gasteiger partial charge in [-0.2, -0.15) is 9.78 Å². The molecule has 1 aromatic heterocycles. The Morgan fingerprint density at radius 3 is 2.65 bits per heavy atom. The maximum absolute atomic E-state index is 12.4. The van der Waals surface area contributed by atoms with Gasteiger partial charge in [0, 0.05) is 24.3 Å². The van der Waals surface area contributed by atoms with Crippen LogP contribution in [0, 0.1) is 6.92 Å². The van der Waals surface area contributed by atoms with Crippen molar-refractivity contribution >= 4 is 23.6 Å². The van der Waals surface area contributed by atoms with Crippen LogP contribution in [0.15, 0.2) is 30.5 Å². The van der Waals surface area contributed by atoms with E-state index in [2.05, 4.69) is 5.10 Å². The van der Waals surface area contributed by atoms with Crippen LogP contribution in [0.25, 0.3) is 0 Å². The summed E-state index contributed by atoms with van der Waals surface area (Å²) in [5.41, 5.74) is 1.98.